The van der Waals surface area contributed by atoms with Gasteiger partial charge in [0, 0.05) is 19.1 Å². The molecule has 90 valence electrons. The van der Waals surface area contributed by atoms with Crippen LogP contribution in [-0.4, -0.2) is 22.1 Å². The molecule has 1 rings (SSSR count). The lowest BCUT2D eigenvalue weighted by Gasteiger charge is -2.12. The van der Waals surface area contributed by atoms with E-state index in [2.05, 4.69) is 40.1 Å². The van der Waals surface area contributed by atoms with Gasteiger partial charge in [0.05, 0.1) is 12.0 Å². The number of hydrogen-bond donors (Lipinski definition) is 1. The normalized spacial score (nSPS) is 12.8. The van der Waals surface area contributed by atoms with Crippen LogP contribution < -0.4 is 10.9 Å². The maximum absolute atomic E-state index is 11.8. The number of aryl methyl sites for hydroxylation is 1. The van der Waals surface area contributed by atoms with Crippen LogP contribution in [0.3, 0.4) is 0 Å². The van der Waals surface area contributed by atoms with Gasteiger partial charge < -0.3 is 5.32 Å². The molecule has 1 aromatic heterocycles. The molecule has 1 aromatic rings. The van der Waals surface area contributed by atoms with Crippen molar-refractivity contribution in [3.8, 4) is 0 Å². The van der Waals surface area contributed by atoms with Crippen LogP contribution in [0.4, 0.5) is 0 Å². The molecule has 5 heteroatoms. The van der Waals surface area contributed by atoms with Crippen molar-refractivity contribution in [1.29, 1.82) is 0 Å². The van der Waals surface area contributed by atoms with Gasteiger partial charge in [0.15, 0.2) is 0 Å². The second-order valence-corrected chi connectivity index (χ2v) is 4.70. The fourth-order valence-electron chi connectivity index (χ4n) is 1.28. The van der Waals surface area contributed by atoms with Crippen LogP contribution in [0.15, 0.2) is 15.6 Å². The van der Waals surface area contributed by atoms with Gasteiger partial charge in [0.1, 0.15) is 4.47 Å². The van der Waals surface area contributed by atoms with Crippen molar-refractivity contribution in [2.24, 2.45) is 0 Å². The topological polar surface area (TPSA) is 46.9 Å². The van der Waals surface area contributed by atoms with Gasteiger partial charge in [0.2, 0.25) is 0 Å². The number of halogens is 1. The van der Waals surface area contributed by atoms with Crippen molar-refractivity contribution in [3.05, 3.63) is 26.8 Å². The fourth-order valence-corrected chi connectivity index (χ4v) is 1.61. The average molecular weight is 288 g/mol. The number of nitrogens with zero attached hydrogens (tertiary/aromatic N) is 2. The predicted molar refractivity (Wildman–Crippen MR) is 68.7 cm³/mol. The lowest BCUT2D eigenvalue weighted by molar-refractivity contribution is 0.496. The van der Waals surface area contributed by atoms with Gasteiger partial charge in [-0.15, -0.1) is 0 Å². The number of nitrogens with one attached hydrogen (secondary N) is 1. The largest absolute Gasteiger partial charge is 0.312 e. The van der Waals surface area contributed by atoms with E-state index < -0.39 is 0 Å². The molecule has 0 amide bonds. The summed E-state index contributed by atoms with van der Waals surface area (Å²) in [6.45, 7) is 7.51. The van der Waals surface area contributed by atoms with E-state index in [9.17, 15) is 4.79 Å². The minimum atomic E-state index is -0.0153. The monoisotopic (exact) mass is 287 g/mol. The van der Waals surface area contributed by atoms with Crippen molar-refractivity contribution in [3.63, 3.8) is 0 Å². The predicted octanol–water partition coefficient (Wildman–Crippen LogP) is 1.70. The quantitative estimate of drug-likeness (QED) is 0.897. The first-order valence-electron chi connectivity index (χ1n) is 5.51. The molecule has 0 aromatic carbocycles. The summed E-state index contributed by atoms with van der Waals surface area (Å²) < 4.78 is 2.17. The molecule has 0 radical (unpaired) electrons. The SMILES string of the molecule is CCC(C)NCCn1cnc(C)c(Br)c1=O. The van der Waals surface area contributed by atoms with Crippen LogP contribution in [0.2, 0.25) is 0 Å². The first-order chi connectivity index (χ1) is 7.56. The summed E-state index contributed by atoms with van der Waals surface area (Å²) in [7, 11) is 0. The molecular formula is C11H18BrN3O. The van der Waals surface area contributed by atoms with Gasteiger partial charge >= 0.3 is 0 Å². The fraction of sp³-hybridized carbons (Fsp3) is 0.636. The highest BCUT2D eigenvalue weighted by atomic mass is 79.9. The van der Waals surface area contributed by atoms with Gasteiger partial charge in [-0.3, -0.25) is 9.36 Å². The second-order valence-electron chi connectivity index (χ2n) is 3.91. The molecule has 0 aliphatic carbocycles. The van der Waals surface area contributed by atoms with E-state index in [4.69, 9.17) is 0 Å². The Morgan fingerprint density at radius 1 is 1.62 bits per heavy atom. The average Bonchev–Trinajstić information content (AvgIpc) is 2.29. The smallest absolute Gasteiger partial charge is 0.267 e. The Morgan fingerprint density at radius 3 is 2.94 bits per heavy atom. The zero-order valence-electron chi connectivity index (χ0n) is 9.96. The zero-order valence-corrected chi connectivity index (χ0v) is 11.5. The van der Waals surface area contributed by atoms with Crippen LogP contribution in [0.25, 0.3) is 0 Å². The lowest BCUT2D eigenvalue weighted by atomic mass is 10.2. The Kier molecular flexibility index (Phi) is 5.15. The number of aromatic nitrogens is 2. The van der Waals surface area contributed by atoms with E-state index in [1.165, 1.54) is 0 Å². The van der Waals surface area contributed by atoms with Crippen molar-refractivity contribution in [1.82, 2.24) is 14.9 Å². The maximum Gasteiger partial charge on any atom is 0.267 e. The highest BCUT2D eigenvalue weighted by Crippen LogP contribution is 2.05. The second kappa shape index (κ2) is 6.15. The third-order valence-electron chi connectivity index (χ3n) is 2.61. The van der Waals surface area contributed by atoms with Crippen LogP contribution in [0.1, 0.15) is 26.0 Å². The summed E-state index contributed by atoms with van der Waals surface area (Å²) in [5.74, 6) is 0. The van der Waals surface area contributed by atoms with Crippen LogP contribution >= 0.6 is 15.9 Å². The molecule has 0 aliphatic heterocycles. The van der Waals surface area contributed by atoms with E-state index in [1.807, 2.05) is 6.92 Å². The van der Waals surface area contributed by atoms with Gasteiger partial charge in [-0.05, 0) is 36.2 Å². The molecule has 0 saturated carbocycles. The summed E-state index contributed by atoms with van der Waals surface area (Å²) in [4.78, 5) is 15.9. The van der Waals surface area contributed by atoms with E-state index in [1.54, 1.807) is 10.9 Å². The van der Waals surface area contributed by atoms with Crippen molar-refractivity contribution in [2.75, 3.05) is 6.54 Å². The van der Waals surface area contributed by atoms with Crippen LogP contribution in [0, 0.1) is 6.92 Å². The molecular weight excluding hydrogens is 270 g/mol. The van der Waals surface area contributed by atoms with E-state index in [-0.39, 0.29) is 5.56 Å². The molecule has 1 atom stereocenters. The number of hydrogen-bond acceptors (Lipinski definition) is 3. The molecule has 1 heterocycles. The summed E-state index contributed by atoms with van der Waals surface area (Å²) in [5.41, 5.74) is 0.717. The highest BCUT2D eigenvalue weighted by molar-refractivity contribution is 9.10. The third-order valence-corrected chi connectivity index (χ3v) is 3.53. The van der Waals surface area contributed by atoms with Gasteiger partial charge in [0.25, 0.3) is 5.56 Å². The molecule has 1 N–H and O–H groups in total. The standard InChI is InChI=1S/C11H18BrN3O/c1-4-8(2)13-5-6-15-7-14-9(3)10(12)11(15)16/h7-8,13H,4-6H2,1-3H3. The minimum Gasteiger partial charge on any atom is -0.312 e. The molecule has 0 spiro atoms. The molecule has 0 aliphatic rings. The summed E-state index contributed by atoms with van der Waals surface area (Å²) in [6.07, 6.45) is 2.69. The summed E-state index contributed by atoms with van der Waals surface area (Å²) in [5, 5.41) is 3.34. The van der Waals surface area contributed by atoms with E-state index in [0.29, 0.717) is 17.1 Å². The Balaban J connectivity index is 2.62. The summed E-state index contributed by atoms with van der Waals surface area (Å²) >= 11 is 3.25. The Bertz CT molecular complexity index is 403. The molecule has 1 unspecified atom stereocenters. The lowest BCUT2D eigenvalue weighted by Crippen LogP contribution is -2.32. The Hall–Kier alpha value is -0.680. The molecule has 0 saturated heterocycles. The zero-order chi connectivity index (χ0) is 12.1. The van der Waals surface area contributed by atoms with Crippen molar-refractivity contribution in [2.45, 2.75) is 39.8 Å². The molecule has 4 nitrogen and oxygen atoms in total. The maximum atomic E-state index is 11.8. The van der Waals surface area contributed by atoms with Gasteiger partial charge in [-0.25, -0.2) is 4.98 Å². The van der Waals surface area contributed by atoms with Crippen molar-refractivity contribution >= 4 is 15.9 Å². The van der Waals surface area contributed by atoms with Crippen LogP contribution in [-0.2, 0) is 6.54 Å². The highest BCUT2D eigenvalue weighted by Gasteiger charge is 2.05. The first-order valence-corrected chi connectivity index (χ1v) is 6.30. The van der Waals surface area contributed by atoms with Gasteiger partial charge in [-0.1, -0.05) is 6.92 Å². The first kappa shape index (κ1) is 13.4. The Morgan fingerprint density at radius 2 is 2.31 bits per heavy atom. The number of rotatable bonds is 5. The van der Waals surface area contributed by atoms with Crippen LogP contribution in [0.5, 0.6) is 0 Å². The Labute approximate surface area is 104 Å². The van der Waals surface area contributed by atoms with E-state index in [0.717, 1.165) is 18.7 Å². The molecule has 0 bridgehead atoms. The third kappa shape index (κ3) is 3.42. The summed E-state index contributed by atoms with van der Waals surface area (Å²) in [6, 6.07) is 0.484. The van der Waals surface area contributed by atoms with E-state index >= 15 is 0 Å². The minimum absolute atomic E-state index is 0.0153. The molecule has 0 fully saturated rings. The van der Waals surface area contributed by atoms with Gasteiger partial charge in [-0.2, -0.15) is 0 Å². The van der Waals surface area contributed by atoms with Crippen molar-refractivity contribution < 1.29 is 0 Å². The molecule has 16 heavy (non-hydrogen) atoms.